The first-order valence-corrected chi connectivity index (χ1v) is 5.67. The minimum Gasteiger partial charge on any atom is -0.408 e. The van der Waals surface area contributed by atoms with Crippen LogP contribution in [-0.4, -0.2) is 15.7 Å². The lowest BCUT2D eigenvalue weighted by atomic mass is 10.1. The van der Waals surface area contributed by atoms with Gasteiger partial charge in [-0.15, -0.1) is 17.5 Å². The van der Waals surface area contributed by atoms with Crippen molar-refractivity contribution in [3.05, 3.63) is 41.8 Å². The summed E-state index contributed by atoms with van der Waals surface area (Å²) in [5.74, 6) is 0.628. The maximum absolute atomic E-state index is 5.53. The normalized spacial score (nSPS) is 10.8. The average Bonchev–Trinajstić information content (AvgIpc) is 2.64. The number of rotatable bonds is 3. The number of halogens is 1. The maximum Gasteiger partial charge on any atom is 0.315 e. The largest absolute Gasteiger partial charge is 0.408 e. The van der Waals surface area contributed by atoms with Gasteiger partial charge in [0.05, 0.1) is 6.42 Å². The van der Waals surface area contributed by atoms with Crippen LogP contribution in [0.15, 0.2) is 34.7 Å². The maximum atomic E-state index is 5.53. The fourth-order valence-electron chi connectivity index (χ4n) is 1.47. The molecule has 0 aliphatic rings. The van der Waals surface area contributed by atoms with E-state index >= 15 is 0 Å². The van der Waals surface area contributed by atoms with E-state index < -0.39 is 0 Å². The molecule has 0 aliphatic carbocycles. The van der Waals surface area contributed by atoms with Crippen molar-refractivity contribution in [1.82, 2.24) is 10.2 Å². The van der Waals surface area contributed by atoms with Crippen molar-refractivity contribution in [2.75, 3.05) is 5.32 Å². The number of nitrogens with one attached hydrogen (secondary N) is 1. The third kappa shape index (κ3) is 4.37. The van der Waals surface area contributed by atoms with Crippen LogP contribution in [0.2, 0.25) is 0 Å². The van der Waals surface area contributed by atoms with Crippen LogP contribution < -0.4 is 5.32 Å². The lowest BCUT2D eigenvalue weighted by Gasteiger charge is -2.17. The van der Waals surface area contributed by atoms with E-state index in [0.717, 1.165) is 0 Å². The lowest BCUT2D eigenvalue weighted by Crippen LogP contribution is -2.26. The number of benzene rings is 1. The number of aromatic nitrogens is 2. The molecule has 1 aromatic carbocycles. The van der Waals surface area contributed by atoms with Crippen LogP contribution in [0.1, 0.15) is 32.2 Å². The van der Waals surface area contributed by atoms with E-state index in [-0.39, 0.29) is 17.9 Å². The highest BCUT2D eigenvalue weighted by Gasteiger charge is 2.14. The fraction of sp³-hybridized carbons (Fsp3) is 0.385. The van der Waals surface area contributed by atoms with Gasteiger partial charge in [0.2, 0.25) is 5.89 Å². The Morgan fingerprint density at radius 3 is 2.39 bits per heavy atom. The highest BCUT2D eigenvalue weighted by Crippen LogP contribution is 2.14. The highest BCUT2D eigenvalue weighted by atomic mass is 35.5. The number of nitrogens with zero attached hydrogens (tertiary/aromatic N) is 2. The van der Waals surface area contributed by atoms with Gasteiger partial charge in [-0.3, -0.25) is 0 Å². The van der Waals surface area contributed by atoms with Crippen molar-refractivity contribution >= 4 is 18.4 Å². The monoisotopic (exact) mass is 267 g/mol. The predicted octanol–water partition coefficient (Wildman–Crippen LogP) is 3.29. The molecule has 2 aromatic rings. The Kier molecular flexibility index (Phi) is 4.73. The molecule has 0 radical (unpaired) electrons. The second-order valence-corrected chi connectivity index (χ2v) is 5.04. The molecule has 1 heterocycles. The first kappa shape index (κ1) is 14.5. The molecule has 1 N–H and O–H groups in total. The van der Waals surface area contributed by atoms with Crippen LogP contribution in [0.4, 0.5) is 6.01 Å². The summed E-state index contributed by atoms with van der Waals surface area (Å²) in [5, 5.41) is 11.1. The molecule has 0 saturated heterocycles. The smallest absolute Gasteiger partial charge is 0.315 e. The van der Waals surface area contributed by atoms with Crippen LogP contribution in [0.3, 0.4) is 0 Å². The third-order valence-electron chi connectivity index (χ3n) is 2.15. The van der Waals surface area contributed by atoms with E-state index in [0.29, 0.717) is 18.3 Å². The van der Waals surface area contributed by atoms with Gasteiger partial charge < -0.3 is 9.73 Å². The molecule has 0 atom stereocenters. The Balaban J connectivity index is 0.00000162. The molecule has 1 aromatic heterocycles. The molecular formula is C13H18ClN3O. The molecule has 18 heavy (non-hydrogen) atoms. The topological polar surface area (TPSA) is 51.0 Å². The van der Waals surface area contributed by atoms with Gasteiger partial charge >= 0.3 is 6.01 Å². The molecule has 0 saturated carbocycles. The minimum atomic E-state index is -0.0729. The van der Waals surface area contributed by atoms with Crippen LogP contribution in [0.5, 0.6) is 0 Å². The van der Waals surface area contributed by atoms with Gasteiger partial charge in [0.25, 0.3) is 0 Å². The van der Waals surface area contributed by atoms with E-state index in [1.165, 1.54) is 5.56 Å². The average molecular weight is 268 g/mol. The molecule has 2 rings (SSSR count). The standard InChI is InChI=1S/C13H17N3O.ClH/c1-13(2,3)14-12-16-15-11(17-12)9-10-7-5-4-6-8-10;/h4-8H,9H2,1-3H3,(H,14,16);1H. The van der Waals surface area contributed by atoms with E-state index in [2.05, 4.69) is 15.5 Å². The molecule has 0 spiro atoms. The van der Waals surface area contributed by atoms with Crippen LogP contribution in [0, 0.1) is 0 Å². The zero-order valence-corrected chi connectivity index (χ0v) is 11.6. The molecule has 0 aliphatic heterocycles. The Morgan fingerprint density at radius 2 is 1.78 bits per heavy atom. The summed E-state index contributed by atoms with van der Waals surface area (Å²) in [6.07, 6.45) is 0.666. The highest BCUT2D eigenvalue weighted by molar-refractivity contribution is 5.85. The molecular weight excluding hydrogens is 250 g/mol. The van der Waals surface area contributed by atoms with Gasteiger partial charge in [0.15, 0.2) is 0 Å². The Hall–Kier alpha value is -1.55. The summed E-state index contributed by atoms with van der Waals surface area (Å²) < 4.78 is 5.53. The third-order valence-corrected chi connectivity index (χ3v) is 2.15. The summed E-state index contributed by atoms with van der Waals surface area (Å²) >= 11 is 0. The van der Waals surface area contributed by atoms with Gasteiger partial charge in [-0.25, -0.2) is 0 Å². The van der Waals surface area contributed by atoms with Crippen LogP contribution >= 0.6 is 12.4 Å². The van der Waals surface area contributed by atoms with Crippen molar-refractivity contribution in [3.8, 4) is 0 Å². The molecule has 0 fully saturated rings. The summed E-state index contributed by atoms with van der Waals surface area (Å²) in [7, 11) is 0. The second-order valence-electron chi connectivity index (χ2n) is 5.04. The zero-order chi connectivity index (χ0) is 12.3. The molecule has 0 unspecified atom stereocenters. The van der Waals surface area contributed by atoms with E-state index in [1.54, 1.807) is 0 Å². The molecule has 4 nitrogen and oxygen atoms in total. The van der Waals surface area contributed by atoms with Gasteiger partial charge in [-0.1, -0.05) is 35.4 Å². The fourth-order valence-corrected chi connectivity index (χ4v) is 1.47. The lowest BCUT2D eigenvalue weighted by molar-refractivity contribution is 0.495. The van der Waals surface area contributed by atoms with Crippen molar-refractivity contribution in [2.45, 2.75) is 32.7 Å². The predicted molar refractivity (Wildman–Crippen MR) is 74.2 cm³/mol. The van der Waals surface area contributed by atoms with Crippen LogP contribution in [-0.2, 0) is 6.42 Å². The minimum absolute atomic E-state index is 0. The quantitative estimate of drug-likeness (QED) is 0.927. The van der Waals surface area contributed by atoms with E-state index in [9.17, 15) is 0 Å². The van der Waals surface area contributed by atoms with E-state index in [1.807, 2.05) is 51.1 Å². The van der Waals surface area contributed by atoms with Crippen molar-refractivity contribution < 1.29 is 4.42 Å². The molecule has 0 amide bonds. The Morgan fingerprint density at radius 1 is 1.11 bits per heavy atom. The molecule has 5 heteroatoms. The van der Waals surface area contributed by atoms with Gasteiger partial charge in [0, 0.05) is 5.54 Å². The van der Waals surface area contributed by atoms with Crippen molar-refractivity contribution in [1.29, 1.82) is 0 Å². The second kappa shape index (κ2) is 5.87. The summed E-state index contributed by atoms with van der Waals surface area (Å²) in [5.41, 5.74) is 1.09. The SMILES string of the molecule is CC(C)(C)Nc1nnc(Cc2ccccc2)o1.Cl. The Labute approximate surface area is 113 Å². The van der Waals surface area contributed by atoms with Crippen molar-refractivity contribution in [2.24, 2.45) is 0 Å². The number of hydrogen-bond donors (Lipinski definition) is 1. The van der Waals surface area contributed by atoms with Crippen molar-refractivity contribution in [3.63, 3.8) is 0 Å². The first-order valence-electron chi connectivity index (χ1n) is 5.67. The summed E-state index contributed by atoms with van der Waals surface area (Å²) in [6, 6.07) is 10.6. The van der Waals surface area contributed by atoms with E-state index in [4.69, 9.17) is 4.42 Å². The molecule has 98 valence electrons. The van der Waals surface area contributed by atoms with Gasteiger partial charge in [0.1, 0.15) is 0 Å². The zero-order valence-electron chi connectivity index (χ0n) is 10.8. The Bertz CT molecular complexity index is 476. The summed E-state index contributed by atoms with van der Waals surface area (Å²) in [4.78, 5) is 0. The summed E-state index contributed by atoms with van der Waals surface area (Å²) in [6.45, 7) is 6.15. The number of hydrogen-bond acceptors (Lipinski definition) is 4. The first-order chi connectivity index (χ1) is 8.03. The molecule has 0 bridgehead atoms. The van der Waals surface area contributed by atoms with Gasteiger partial charge in [-0.05, 0) is 26.3 Å². The van der Waals surface area contributed by atoms with Crippen LogP contribution in [0.25, 0.3) is 0 Å². The number of anilines is 1. The van der Waals surface area contributed by atoms with Gasteiger partial charge in [-0.2, -0.15) is 0 Å².